The van der Waals surface area contributed by atoms with Crippen molar-refractivity contribution < 1.29 is 18.7 Å². The second-order valence-electron chi connectivity index (χ2n) is 5.20. The lowest BCUT2D eigenvalue weighted by atomic mass is 10.1. The Morgan fingerprint density at radius 3 is 2.61 bits per heavy atom. The number of ether oxygens (including phenoxy) is 2. The smallest absolute Gasteiger partial charge is 0.310 e. The Hall–Kier alpha value is -2.07. The minimum atomic E-state index is -0.355. The first kappa shape index (κ1) is 17.3. The molecule has 0 aliphatic rings. The lowest BCUT2D eigenvalue weighted by Crippen LogP contribution is -2.09. The van der Waals surface area contributed by atoms with E-state index in [4.69, 9.17) is 21.1 Å². The molecule has 0 saturated carbocycles. The maximum absolute atomic E-state index is 13.7. The van der Waals surface area contributed by atoms with Crippen molar-refractivity contribution in [1.82, 2.24) is 0 Å². The fraction of sp³-hybridized carbons (Fsp3) is 0.278. The van der Waals surface area contributed by atoms with Crippen LogP contribution in [0.15, 0.2) is 30.3 Å². The lowest BCUT2D eigenvalue weighted by molar-refractivity contribution is -0.134. The van der Waals surface area contributed by atoms with Gasteiger partial charge in [0.1, 0.15) is 23.9 Å². The maximum atomic E-state index is 13.7. The van der Waals surface area contributed by atoms with E-state index in [1.165, 1.54) is 6.07 Å². The van der Waals surface area contributed by atoms with Crippen molar-refractivity contribution >= 4 is 17.6 Å². The molecule has 122 valence electrons. The molecule has 0 bridgehead atoms. The van der Waals surface area contributed by atoms with Gasteiger partial charge in [0.2, 0.25) is 0 Å². The third kappa shape index (κ3) is 4.23. The third-order valence-corrected chi connectivity index (χ3v) is 3.77. The number of rotatable bonds is 5. The number of hydrogen-bond acceptors (Lipinski definition) is 3. The minimum absolute atomic E-state index is 0.0787. The molecular formula is C18H18ClFO3. The SMILES string of the molecule is CCC(=O)Oc1cccc(Cl)c1COc1cc(F)c(C)cc1C. The molecule has 0 spiro atoms. The fourth-order valence-electron chi connectivity index (χ4n) is 2.08. The summed E-state index contributed by atoms with van der Waals surface area (Å²) < 4.78 is 24.6. The Balaban J connectivity index is 2.23. The normalized spacial score (nSPS) is 10.5. The number of hydrogen-bond donors (Lipinski definition) is 0. The summed E-state index contributed by atoms with van der Waals surface area (Å²) >= 11 is 6.17. The van der Waals surface area contributed by atoms with Crippen LogP contribution in [0, 0.1) is 19.7 Å². The van der Waals surface area contributed by atoms with Gasteiger partial charge in [-0.3, -0.25) is 4.79 Å². The highest BCUT2D eigenvalue weighted by Crippen LogP contribution is 2.29. The van der Waals surface area contributed by atoms with Crippen LogP contribution in [0.5, 0.6) is 11.5 Å². The van der Waals surface area contributed by atoms with E-state index in [0.717, 1.165) is 5.56 Å². The van der Waals surface area contributed by atoms with Crippen molar-refractivity contribution in [3.63, 3.8) is 0 Å². The van der Waals surface area contributed by atoms with E-state index in [0.29, 0.717) is 27.6 Å². The first-order valence-corrected chi connectivity index (χ1v) is 7.67. The molecule has 0 N–H and O–H groups in total. The van der Waals surface area contributed by atoms with E-state index in [1.807, 2.05) is 6.92 Å². The molecule has 0 fully saturated rings. The zero-order valence-corrected chi connectivity index (χ0v) is 14.0. The van der Waals surface area contributed by atoms with Crippen LogP contribution in [0.25, 0.3) is 0 Å². The van der Waals surface area contributed by atoms with Crippen LogP contribution in [0.1, 0.15) is 30.0 Å². The summed E-state index contributed by atoms with van der Waals surface area (Å²) in [4.78, 5) is 11.5. The van der Waals surface area contributed by atoms with E-state index < -0.39 is 0 Å². The summed E-state index contributed by atoms with van der Waals surface area (Å²) in [6.45, 7) is 5.33. The molecule has 2 aromatic carbocycles. The second kappa shape index (κ2) is 7.47. The first-order chi connectivity index (χ1) is 10.9. The van der Waals surface area contributed by atoms with Gasteiger partial charge in [-0.1, -0.05) is 24.6 Å². The predicted octanol–water partition coefficient (Wildman–Crippen LogP) is 4.99. The molecule has 23 heavy (non-hydrogen) atoms. The van der Waals surface area contributed by atoms with Gasteiger partial charge < -0.3 is 9.47 Å². The van der Waals surface area contributed by atoms with Crippen molar-refractivity contribution in [2.45, 2.75) is 33.8 Å². The van der Waals surface area contributed by atoms with Gasteiger partial charge >= 0.3 is 5.97 Å². The largest absolute Gasteiger partial charge is 0.488 e. The van der Waals surface area contributed by atoms with Gasteiger partial charge in [-0.05, 0) is 43.2 Å². The van der Waals surface area contributed by atoms with Gasteiger partial charge in [0, 0.05) is 12.5 Å². The molecule has 5 heteroatoms. The van der Waals surface area contributed by atoms with Crippen molar-refractivity contribution in [2.24, 2.45) is 0 Å². The Morgan fingerprint density at radius 2 is 1.91 bits per heavy atom. The zero-order valence-electron chi connectivity index (χ0n) is 13.3. The van der Waals surface area contributed by atoms with Crippen molar-refractivity contribution in [2.75, 3.05) is 0 Å². The first-order valence-electron chi connectivity index (χ1n) is 7.30. The van der Waals surface area contributed by atoms with Crippen LogP contribution in [-0.2, 0) is 11.4 Å². The van der Waals surface area contributed by atoms with Crippen molar-refractivity contribution in [3.8, 4) is 11.5 Å². The Bertz CT molecular complexity index is 728. The van der Waals surface area contributed by atoms with E-state index >= 15 is 0 Å². The summed E-state index contributed by atoms with van der Waals surface area (Å²) in [5, 5.41) is 0.427. The van der Waals surface area contributed by atoms with E-state index in [9.17, 15) is 9.18 Å². The molecule has 0 saturated heterocycles. The summed E-state index contributed by atoms with van der Waals surface area (Å²) in [7, 11) is 0. The molecule has 0 atom stereocenters. The summed E-state index contributed by atoms with van der Waals surface area (Å²) in [5.41, 5.74) is 1.93. The molecule has 2 aromatic rings. The average Bonchev–Trinajstić information content (AvgIpc) is 2.51. The number of aryl methyl sites for hydroxylation is 2. The number of halogens is 2. The molecule has 0 aliphatic carbocycles. The van der Waals surface area contributed by atoms with E-state index in [1.54, 1.807) is 38.1 Å². The maximum Gasteiger partial charge on any atom is 0.310 e. The van der Waals surface area contributed by atoms with Crippen LogP contribution in [0.3, 0.4) is 0 Å². The molecule has 3 nitrogen and oxygen atoms in total. The topological polar surface area (TPSA) is 35.5 Å². The van der Waals surface area contributed by atoms with E-state index in [-0.39, 0.29) is 24.8 Å². The van der Waals surface area contributed by atoms with Crippen LogP contribution in [-0.4, -0.2) is 5.97 Å². The average molecular weight is 337 g/mol. The highest BCUT2D eigenvalue weighted by molar-refractivity contribution is 6.31. The van der Waals surface area contributed by atoms with Gasteiger partial charge in [0.25, 0.3) is 0 Å². The summed E-state index contributed by atoms with van der Waals surface area (Å²) in [6, 6.07) is 8.10. The lowest BCUT2D eigenvalue weighted by Gasteiger charge is -2.14. The Kier molecular flexibility index (Phi) is 5.61. The molecule has 0 radical (unpaired) electrons. The second-order valence-corrected chi connectivity index (χ2v) is 5.61. The monoisotopic (exact) mass is 336 g/mol. The van der Waals surface area contributed by atoms with Gasteiger partial charge in [-0.25, -0.2) is 4.39 Å². The number of benzene rings is 2. The number of carbonyl (C=O) groups excluding carboxylic acids is 1. The fourth-order valence-corrected chi connectivity index (χ4v) is 2.30. The van der Waals surface area contributed by atoms with Gasteiger partial charge in [0.05, 0.1) is 10.6 Å². The molecule has 0 amide bonds. The molecule has 0 aliphatic heterocycles. The highest BCUT2D eigenvalue weighted by atomic mass is 35.5. The Labute approximate surface area is 140 Å². The zero-order chi connectivity index (χ0) is 17.0. The molecule has 0 aromatic heterocycles. The molecule has 0 heterocycles. The highest BCUT2D eigenvalue weighted by Gasteiger charge is 2.13. The van der Waals surface area contributed by atoms with Crippen molar-refractivity contribution in [3.05, 3.63) is 57.9 Å². The predicted molar refractivity (Wildman–Crippen MR) is 87.6 cm³/mol. The number of carbonyl (C=O) groups is 1. The molecule has 0 unspecified atom stereocenters. The van der Waals surface area contributed by atoms with Gasteiger partial charge in [-0.15, -0.1) is 0 Å². The quantitative estimate of drug-likeness (QED) is 0.570. The molecular weight excluding hydrogens is 319 g/mol. The van der Waals surface area contributed by atoms with Gasteiger partial charge in [-0.2, -0.15) is 0 Å². The third-order valence-electron chi connectivity index (χ3n) is 3.42. The van der Waals surface area contributed by atoms with Gasteiger partial charge in [0.15, 0.2) is 0 Å². The van der Waals surface area contributed by atoms with Crippen LogP contribution in [0.2, 0.25) is 5.02 Å². The Morgan fingerprint density at radius 1 is 1.17 bits per heavy atom. The van der Waals surface area contributed by atoms with Crippen molar-refractivity contribution in [1.29, 1.82) is 0 Å². The van der Waals surface area contributed by atoms with Crippen LogP contribution >= 0.6 is 11.6 Å². The minimum Gasteiger partial charge on any atom is -0.488 e. The summed E-state index contributed by atoms with van der Waals surface area (Å²) in [5.74, 6) is 0.101. The van der Waals surface area contributed by atoms with Crippen LogP contribution in [0.4, 0.5) is 4.39 Å². The summed E-state index contributed by atoms with van der Waals surface area (Å²) in [6.07, 6.45) is 0.259. The van der Waals surface area contributed by atoms with E-state index in [2.05, 4.69) is 0 Å². The number of esters is 1. The standard InChI is InChI=1S/C18H18ClFO3/c1-4-18(21)23-16-7-5-6-14(19)13(16)10-22-17-9-15(20)11(2)8-12(17)3/h5-9H,4,10H2,1-3H3. The molecule has 2 rings (SSSR count). The van der Waals surface area contributed by atoms with Crippen LogP contribution < -0.4 is 9.47 Å².